The maximum absolute atomic E-state index is 12.8. The highest BCUT2D eigenvalue weighted by Gasteiger charge is 2.22. The summed E-state index contributed by atoms with van der Waals surface area (Å²) in [5.41, 5.74) is 1.47. The number of nitrogens with one attached hydrogen (secondary N) is 3. The highest BCUT2D eigenvalue weighted by molar-refractivity contribution is 7.17. The highest BCUT2D eigenvalue weighted by atomic mass is 35.5. The van der Waals surface area contributed by atoms with Crippen molar-refractivity contribution in [3.63, 3.8) is 0 Å². The molecule has 3 aromatic rings. The summed E-state index contributed by atoms with van der Waals surface area (Å²) in [6.07, 6.45) is 4.57. The van der Waals surface area contributed by atoms with Gasteiger partial charge in [0.15, 0.2) is 5.13 Å². The van der Waals surface area contributed by atoms with Gasteiger partial charge in [-0.05, 0) is 44.2 Å². The molecule has 0 spiro atoms. The summed E-state index contributed by atoms with van der Waals surface area (Å²) in [7, 11) is 0. The minimum Gasteiger partial charge on any atom is -0.393 e. The zero-order chi connectivity index (χ0) is 25.8. The van der Waals surface area contributed by atoms with Crippen molar-refractivity contribution >= 4 is 57.2 Å². The number of hydrogen-bond acceptors (Lipinski definition) is 10. The van der Waals surface area contributed by atoms with Gasteiger partial charge in [-0.3, -0.25) is 4.79 Å². The topological polar surface area (TPSA) is 125 Å². The zero-order valence-corrected chi connectivity index (χ0v) is 22.1. The molecular formula is C25H30ClN7O3S. The number of thiazole rings is 1. The summed E-state index contributed by atoms with van der Waals surface area (Å²) in [4.78, 5) is 29.3. The smallest absolute Gasteiger partial charge is 0.267 e. The van der Waals surface area contributed by atoms with E-state index in [1.165, 1.54) is 17.5 Å². The van der Waals surface area contributed by atoms with Gasteiger partial charge in [0.05, 0.1) is 36.2 Å². The van der Waals surface area contributed by atoms with Crippen LogP contribution in [0.15, 0.2) is 30.5 Å². The molecule has 37 heavy (non-hydrogen) atoms. The van der Waals surface area contributed by atoms with Crippen molar-refractivity contribution in [2.45, 2.75) is 44.8 Å². The lowest BCUT2D eigenvalue weighted by molar-refractivity contribution is 0.103. The summed E-state index contributed by atoms with van der Waals surface area (Å²) in [5, 5.41) is 20.4. The van der Waals surface area contributed by atoms with Gasteiger partial charge in [0.25, 0.3) is 5.91 Å². The number of hydrogen-bond donors (Lipinski definition) is 4. The number of carbonyl (C=O) groups excluding carboxylic acids is 1. The number of halogens is 1. The van der Waals surface area contributed by atoms with E-state index in [9.17, 15) is 9.90 Å². The van der Waals surface area contributed by atoms with Crippen molar-refractivity contribution in [2.24, 2.45) is 0 Å². The monoisotopic (exact) mass is 543 g/mol. The number of morpholine rings is 1. The maximum atomic E-state index is 12.8. The van der Waals surface area contributed by atoms with Crippen molar-refractivity contribution < 1.29 is 14.6 Å². The molecule has 1 aliphatic heterocycles. The molecule has 10 nitrogen and oxygen atoms in total. The molecule has 196 valence electrons. The minimum absolute atomic E-state index is 0.208. The summed E-state index contributed by atoms with van der Waals surface area (Å²) in [5.74, 6) is 1.62. The van der Waals surface area contributed by atoms with E-state index >= 15 is 0 Å². The highest BCUT2D eigenvalue weighted by Crippen LogP contribution is 2.29. The Morgan fingerprint density at radius 1 is 1.19 bits per heavy atom. The van der Waals surface area contributed by atoms with E-state index in [-0.39, 0.29) is 18.1 Å². The summed E-state index contributed by atoms with van der Waals surface area (Å²) < 4.78 is 5.50. The van der Waals surface area contributed by atoms with Crippen LogP contribution in [0.25, 0.3) is 0 Å². The number of carbonyl (C=O) groups is 1. The van der Waals surface area contributed by atoms with Gasteiger partial charge in [-0.1, -0.05) is 35.1 Å². The minimum atomic E-state index is -0.278. The number of nitrogens with zero attached hydrogens (tertiary/aromatic N) is 4. The first-order valence-electron chi connectivity index (χ1n) is 12.4. The summed E-state index contributed by atoms with van der Waals surface area (Å²) in [6.45, 7) is 4.67. The van der Waals surface area contributed by atoms with Gasteiger partial charge < -0.3 is 30.7 Å². The Morgan fingerprint density at radius 3 is 2.73 bits per heavy atom. The van der Waals surface area contributed by atoms with E-state index < -0.39 is 0 Å². The van der Waals surface area contributed by atoms with Crippen molar-refractivity contribution in [3.05, 3.63) is 45.9 Å². The Morgan fingerprint density at radius 2 is 1.97 bits per heavy atom. The van der Waals surface area contributed by atoms with Crippen molar-refractivity contribution in [2.75, 3.05) is 47.2 Å². The van der Waals surface area contributed by atoms with Gasteiger partial charge in [-0.15, -0.1) is 0 Å². The van der Waals surface area contributed by atoms with Crippen molar-refractivity contribution in [3.8, 4) is 0 Å². The SMILES string of the molecule is Cc1cccc(Cl)c1NC(=O)c1cnc(Nc2cc(N3CCOCC3)nc(NC3CCC(O)CC3)n2)s1. The number of aromatic nitrogens is 3. The Kier molecular flexibility index (Phi) is 8.04. The lowest BCUT2D eigenvalue weighted by Gasteiger charge is -2.29. The number of rotatable bonds is 7. The number of benzene rings is 1. The normalized spacial score (nSPS) is 19.9. The van der Waals surface area contributed by atoms with Gasteiger partial charge in [-0.25, -0.2) is 4.98 Å². The first-order valence-corrected chi connectivity index (χ1v) is 13.6. The predicted molar refractivity (Wildman–Crippen MR) is 146 cm³/mol. The van der Waals surface area contributed by atoms with E-state index in [1.54, 1.807) is 6.07 Å². The molecule has 4 N–H and O–H groups in total. The van der Waals surface area contributed by atoms with Crippen LogP contribution in [0.1, 0.15) is 40.9 Å². The maximum Gasteiger partial charge on any atom is 0.267 e. The quantitative estimate of drug-likeness (QED) is 0.342. The van der Waals surface area contributed by atoms with Crippen molar-refractivity contribution in [1.82, 2.24) is 15.0 Å². The molecule has 2 aromatic heterocycles. The van der Waals surface area contributed by atoms with E-state index in [2.05, 4.69) is 30.8 Å². The Balaban J connectivity index is 1.33. The van der Waals surface area contributed by atoms with Crippen LogP contribution < -0.4 is 20.9 Å². The van der Waals surface area contributed by atoms with Gasteiger partial charge in [-0.2, -0.15) is 9.97 Å². The van der Waals surface area contributed by atoms with Gasteiger partial charge in [0, 0.05) is 25.2 Å². The van der Waals surface area contributed by atoms with Gasteiger partial charge in [0.2, 0.25) is 5.95 Å². The van der Waals surface area contributed by atoms with Gasteiger partial charge >= 0.3 is 0 Å². The van der Waals surface area contributed by atoms with Crippen LogP contribution in [0, 0.1) is 6.92 Å². The molecule has 1 saturated heterocycles. The Labute approximate surface area is 224 Å². The number of aliphatic hydroxyl groups excluding tert-OH is 1. The summed E-state index contributed by atoms with van der Waals surface area (Å²) in [6, 6.07) is 7.57. The molecule has 0 radical (unpaired) electrons. The molecule has 1 amide bonds. The first kappa shape index (κ1) is 25.7. The van der Waals surface area contributed by atoms with E-state index in [4.69, 9.17) is 21.3 Å². The zero-order valence-electron chi connectivity index (χ0n) is 20.5. The molecule has 0 atom stereocenters. The molecule has 2 aliphatic rings. The number of para-hydroxylation sites is 1. The molecule has 3 heterocycles. The molecule has 2 fully saturated rings. The largest absolute Gasteiger partial charge is 0.393 e. The van der Waals surface area contributed by atoms with Crippen LogP contribution in [-0.2, 0) is 4.74 Å². The third-order valence-corrected chi connectivity index (χ3v) is 7.73. The number of aliphatic hydroxyl groups is 1. The van der Waals surface area contributed by atoms with Crippen LogP contribution in [0.5, 0.6) is 0 Å². The van der Waals surface area contributed by atoms with Crippen molar-refractivity contribution in [1.29, 1.82) is 0 Å². The van der Waals surface area contributed by atoms with Crippen LogP contribution >= 0.6 is 22.9 Å². The first-order chi connectivity index (χ1) is 17.9. The predicted octanol–water partition coefficient (Wildman–Crippen LogP) is 4.44. The molecule has 12 heteroatoms. The van der Waals surface area contributed by atoms with E-state index in [0.717, 1.165) is 50.2 Å². The fourth-order valence-electron chi connectivity index (χ4n) is 4.43. The third-order valence-electron chi connectivity index (χ3n) is 6.50. The molecule has 1 aromatic carbocycles. The molecule has 0 bridgehead atoms. The fraction of sp³-hybridized carbons (Fsp3) is 0.440. The fourth-order valence-corrected chi connectivity index (χ4v) is 5.42. The number of aryl methyl sites for hydroxylation is 1. The molecule has 5 rings (SSSR count). The number of anilines is 5. The lowest BCUT2D eigenvalue weighted by Crippen LogP contribution is -2.37. The Bertz CT molecular complexity index is 1220. The van der Waals surface area contributed by atoms with E-state index in [0.29, 0.717) is 45.7 Å². The van der Waals surface area contributed by atoms with Crippen LogP contribution in [-0.4, -0.2) is 64.4 Å². The second-order valence-electron chi connectivity index (χ2n) is 9.22. The molecule has 0 unspecified atom stereocenters. The standard InChI is InChI=1S/C25H30ClN7O3S/c1-15-3-2-4-18(26)22(15)32-23(35)19-14-27-25(37-19)30-20-13-21(33-9-11-36-12-10-33)31-24(29-20)28-16-5-7-17(34)8-6-16/h2-4,13-14,16-17,34H,5-12H2,1H3,(H,32,35)(H2,27,28,29,30,31). The van der Waals surface area contributed by atoms with Crippen LogP contribution in [0.2, 0.25) is 5.02 Å². The summed E-state index contributed by atoms with van der Waals surface area (Å²) >= 11 is 7.49. The average Bonchev–Trinajstić information content (AvgIpc) is 3.36. The van der Waals surface area contributed by atoms with Crippen LogP contribution in [0.3, 0.4) is 0 Å². The second-order valence-corrected chi connectivity index (χ2v) is 10.7. The second kappa shape index (κ2) is 11.6. The van der Waals surface area contributed by atoms with Gasteiger partial charge in [0.1, 0.15) is 16.5 Å². The van der Waals surface area contributed by atoms with Crippen LogP contribution in [0.4, 0.5) is 28.4 Å². The molecular weight excluding hydrogens is 514 g/mol. The third kappa shape index (κ3) is 6.48. The molecule has 1 aliphatic carbocycles. The number of ether oxygens (including phenoxy) is 1. The lowest BCUT2D eigenvalue weighted by atomic mass is 9.93. The van der Waals surface area contributed by atoms with E-state index in [1.807, 2.05) is 25.1 Å². The Hall–Kier alpha value is -2.99. The number of amides is 1. The molecule has 1 saturated carbocycles. The average molecular weight is 544 g/mol.